The molecule has 2 atom stereocenters. The second-order valence-electron chi connectivity index (χ2n) is 7.15. The minimum Gasteiger partial charge on any atom is -0.497 e. The second kappa shape index (κ2) is 7.35. The van der Waals surface area contributed by atoms with Gasteiger partial charge in [0, 0.05) is 12.0 Å². The lowest BCUT2D eigenvalue weighted by atomic mass is 9.86. The molecule has 2 fully saturated rings. The summed E-state index contributed by atoms with van der Waals surface area (Å²) in [6.07, 6.45) is 5.49. The van der Waals surface area contributed by atoms with Gasteiger partial charge in [0.2, 0.25) is 0 Å². The first-order valence-corrected chi connectivity index (χ1v) is 8.95. The Hall–Kier alpha value is -1.55. The summed E-state index contributed by atoms with van der Waals surface area (Å²) in [5.74, 6) is 1.76. The van der Waals surface area contributed by atoms with E-state index in [1.165, 1.54) is 25.7 Å². The lowest BCUT2D eigenvalue weighted by Gasteiger charge is -2.39. The molecule has 3 rings (SSSR count). The van der Waals surface area contributed by atoms with Gasteiger partial charge in [-0.25, -0.2) is 0 Å². The Balaban J connectivity index is 1.56. The first-order valence-electron chi connectivity index (χ1n) is 8.95. The van der Waals surface area contributed by atoms with Crippen molar-refractivity contribution >= 4 is 5.91 Å². The Morgan fingerprint density at radius 2 is 2.04 bits per heavy atom. The number of nitrogens with zero attached hydrogens (tertiary/aromatic N) is 1. The molecule has 0 spiro atoms. The number of rotatable bonds is 3. The van der Waals surface area contributed by atoms with Crippen LogP contribution in [0.15, 0.2) is 24.3 Å². The summed E-state index contributed by atoms with van der Waals surface area (Å²) >= 11 is 0. The SMILES string of the molecule is COc1cccc(C(=O)N2CC[NH+]([C@@H]3CCC[C@H](C)C3)CC2)c1. The van der Waals surface area contributed by atoms with Crippen molar-refractivity contribution in [2.24, 2.45) is 5.92 Å². The molecule has 1 saturated carbocycles. The van der Waals surface area contributed by atoms with Crippen molar-refractivity contribution in [2.45, 2.75) is 38.6 Å². The van der Waals surface area contributed by atoms with Gasteiger partial charge in [-0.3, -0.25) is 4.79 Å². The van der Waals surface area contributed by atoms with Gasteiger partial charge in [0.1, 0.15) is 5.75 Å². The van der Waals surface area contributed by atoms with Crippen LogP contribution in [0, 0.1) is 5.92 Å². The third kappa shape index (κ3) is 3.86. The van der Waals surface area contributed by atoms with Gasteiger partial charge in [0.05, 0.1) is 39.3 Å². The minimum absolute atomic E-state index is 0.139. The van der Waals surface area contributed by atoms with Crippen molar-refractivity contribution in [3.63, 3.8) is 0 Å². The molecule has 1 saturated heterocycles. The van der Waals surface area contributed by atoms with E-state index in [0.29, 0.717) is 0 Å². The zero-order chi connectivity index (χ0) is 16.2. The molecular weight excluding hydrogens is 288 g/mol. The number of nitrogens with one attached hydrogen (secondary N) is 1. The van der Waals surface area contributed by atoms with Crippen LogP contribution in [-0.2, 0) is 0 Å². The normalized spacial score (nSPS) is 26.1. The average Bonchev–Trinajstić information content (AvgIpc) is 2.61. The van der Waals surface area contributed by atoms with Crippen molar-refractivity contribution in [3.8, 4) is 5.75 Å². The van der Waals surface area contributed by atoms with Crippen molar-refractivity contribution in [1.29, 1.82) is 0 Å². The van der Waals surface area contributed by atoms with Gasteiger partial charge in [0.15, 0.2) is 0 Å². The fourth-order valence-electron chi connectivity index (χ4n) is 4.15. The smallest absolute Gasteiger partial charge is 0.254 e. The second-order valence-corrected chi connectivity index (χ2v) is 7.15. The molecule has 1 amide bonds. The summed E-state index contributed by atoms with van der Waals surface area (Å²) in [7, 11) is 1.64. The Kier molecular flexibility index (Phi) is 5.21. The van der Waals surface area contributed by atoms with Gasteiger partial charge in [0.25, 0.3) is 5.91 Å². The number of carbonyl (C=O) groups is 1. The maximum atomic E-state index is 12.7. The maximum absolute atomic E-state index is 12.7. The molecule has 0 aromatic heterocycles. The third-order valence-electron chi connectivity index (χ3n) is 5.52. The molecule has 1 aliphatic carbocycles. The van der Waals surface area contributed by atoms with E-state index in [1.807, 2.05) is 29.2 Å². The van der Waals surface area contributed by atoms with Crippen LogP contribution in [0.2, 0.25) is 0 Å². The number of carbonyl (C=O) groups excluding carboxylic acids is 1. The number of ether oxygens (including phenoxy) is 1. The largest absolute Gasteiger partial charge is 0.497 e. The van der Waals surface area contributed by atoms with Crippen LogP contribution >= 0.6 is 0 Å². The predicted molar refractivity (Wildman–Crippen MR) is 91.0 cm³/mol. The van der Waals surface area contributed by atoms with Crippen LogP contribution in [0.1, 0.15) is 43.0 Å². The van der Waals surface area contributed by atoms with E-state index in [0.717, 1.165) is 49.5 Å². The summed E-state index contributed by atoms with van der Waals surface area (Å²) in [6, 6.07) is 8.30. The van der Waals surface area contributed by atoms with Crippen LogP contribution in [0.25, 0.3) is 0 Å². The quantitative estimate of drug-likeness (QED) is 0.919. The van der Waals surface area contributed by atoms with Crippen LogP contribution in [0.3, 0.4) is 0 Å². The molecule has 1 N–H and O–H groups in total. The molecule has 0 radical (unpaired) electrons. The molecule has 1 aromatic carbocycles. The maximum Gasteiger partial charge on any atom is 0.254 e. The van der Waals surface area contributed by atoms with Crippen LogP contribution < -0.4 is 9.64 Å². The number of methoxy groups -OCH3 is 1. The molecular formula is C19H29N2O2+. The number of benzene rings is 1. The van der Waals surface area contributed by atoms with E-state index in [4.69, 9.17) is 4.74 Å². The molecule has 4 heteroatoms. The summed E-state index contributed by atoms with van der Waals surface area (Å²) in [5, 5.41) is 0. The molecule has 4 nitrogen and oxygen atoms in total. The van der Waals surface area contributed by atoms with Gasteiger partial charge in [-0.15, -0.1) is 0 Å². The molecule has 1 aromatic rings. The number of amides is 1. The summed E-state index contributed by atoms with van der Waals surface area (Å²) in [4.78, 5) is 16.4. The lowest BCUT2D eigenvalue weighted by molar-refractivity contribution is -0.930. The topological polar surface area (TPSA) is 34.0 Å². The van der Waals surface area contributed by atoms with Crippen LogP contribution in [0.4, 0.5) is 0 Å². The molecule has 23 heavy (non-hydrogen) atoms. The molecule has 2 aliphatic rings. The third-order valence-corrected chi connectivity index (χ3v) is 5.52. The Morgan fingerprint density at radius 3 is 2.74 bits per heavy atom. The predicted octanol–water partition coefficient (Wildman–Crippen LogP) is 1.61. The number of hydrogen-bond donors (Lipinski definition) is 1. The number of hydrogen-bond acceptors (Lipinski definition) is 2. The molecule has 1 aliphatic heterocycles. The Labute approximate surface area is 139 Å². The Morgan fingerprint density at radius 1 is 1.26 bits per heavy atom. The summed E-state index contributed by atoms with van der Waals surface area (Å²) in [6.45, 7) is 6.31. The van der Waals surface area contributed by atoms with Gasteiger partial charge in [-0.2, -0.15) is 0 Å². The number of quaternary nitrogens is 1. The summed E-state index contributed by atoms with van der Waals surface area (Å²) in [5.41, 5.74) is 0.735. The highest BCUT2D eigenvalue weighted by Gasteiger charge is 2.32. The zero-order valence-electron chi connectivity index (χ0n) is 14.4. The van der Waals surface area contributed by atoms with Crippen LogP contribution in [-0.4, -0.2) is 50.1 Å². The minimum atomic E-state index is 0.139. The highest BCUT2D eigenvalue weighted by atomic mass is 16.5. The zero-order valence-corrected chi connectivity index (χ0v) is 14.4. The molecule has 126 valence electrons. The van der Waals surface area contributed by atoms with E-state index in [2.05, 4.69) is 6.92 Å². The molecule has 1 heterocycles. The van der Waals surface area contributed by atoms with Crippen molar-refractivity contribution in [1.82, 2.24) is 4.90 Å². The highest BCUT2D eigenvalue weighted by molar-refractivity contribution is 5.94. The Bertz CT molecular complexity index is 538. The average molecular weight is 317 g/mol. The van der Waals surface area contributed by atoms with Gasteiger partial charge < -0.3 is 14.5 Å². The van der Waals surface area contributed by atoms with Gasteiger partial charge >= 0.3 is 0 Å². The fraction of sp³-hybridized carbons (Fsp3) is 0.632. The van der Waals surface area contributed by atoms with E-state index in [9.17, 15) is 4.79 Å². The first kappa shape index (κ1) is 16.3. The molecule has 0 unspecified atom stereocenters. The fourth-order valence-corrected chi connectivity index (χ4v) is 4.15. The van der Waals surface area contributed by atoms with Crippen molar-refractivity contribution < 1.29 is 14.4 Å². The van der Waals surface area contributed by atoms with Crippen molar-refractivity contribution in [2.75, 3.05) is 33.3 Å². The van der Waals surface area contributed by atoms with Crippen LogP contribution in [0.5, 0.6) is 5.75 Å². The van der Waals surface area contributed by atoms with Crippen molar-refractivity contribution in [3.05, 3.63) is 29.8 Å². The molecule has 0 bridgehead atoms. The lowest BCUT2D eigenvalue weighted by Crippen LogP contribution is -3.18. The summed E-state index contributed by atoms with van der Waals surface area (Å²) < 4.78 is 5.22. The number of piperazine rings is 1. The van der Waals surface area contributed by atoms with E-state index in [1.54, 1.807) is 12.0 Å². The first-order chi connectivity index (χ1) is 11.2. The standard InChI is InChI=1S/C19H28N2O2/c1-15-5-3-7-17(13-15)20-9-11-21(12-10-20)19(22)16-6-4-8-18(14-16)23-2/h4,6,8,14-15,17H,3,5,7,9-13H2,1-2H3/p+1/t15-,17+/m0/s1. The van der Waals surface area contributed by atoms with Gasteiger partial charge in [-0.1, -0.05) is 19.4 Å². The van der Waals surface area contributed by atoms with Gasteiger partial charge in [-0.05, 0) is 37.0 Å². The monoisotopic (exact) mass is 317 g/mol. The van der Waals surface area contributed by atoms with E-state index < -0.39 is 0 Å². The highest BCUT2D eigenvalue weighted by Crippen LogP contribution is 2.22. The van der Waals surface area contributed by atoms with E-state index in [-0.39, 0.29) is 5.91 Å². The van der Waals surface area contributed by atoms with E-state index >= 15 is 0 Å².